The third-order valence-corrected chi connectivity index (χ3v) is 29.4. The minimum absolute atomic E-state index is 0.109. The largest absolute Gasteiger partial charge is 0.457 e. The molecule has 6 heteroatoms. The molecule has 17 aromatic carbocycles. The molecule has 0 saturated carbocycles. The second kappa shape index (κ2) is 26.0. The molecule has 25 rings (SSSR count). The molecule has 0 saturated heterocycles. The Balaban J connectivity index is 0.000000139. The van der Waals surface area contributed by atoms with Gasteiger partial charge in [-0.05, 0) is 220 Å². The second-order valence-corrected chi connectivity index (χ2v) is 36.0. The van der Waals surface area contributed by atoms with Crippen molar-refractivity contribution < 1.29 is 18.3 Å². The molecule has 2 spiro atoms. The molecule has 4 aliphatic carbocycles. The zero-order valence-corrected chi connectivity index (χ0v) is 69.3. The minimum Gasteiger partial charge on any atom is -0.457 e. The van der Waals surface area contributed by atoms with E-state index in [1.165, 1.54) is 94.7 Å². The normalized spacial score (nSPS) is 15.6. The van der Waals surface area contributed by atoms with Gasteiger partial charge in [0.1, 0.15) is 45.3 Å². The first-order valence-electron chi connectivity index (χ1n) is 42.8. The Morgan fingerprint density at radius 1 is 0.205 bits per heavy atom. The summed E-state index contributed by atoms with van der Waals surface area (Å²) in [6, 6.07) is 137. The monoisotopic (exact) mass is 1570 g/mol. The third-order valence-electron chi connectivity index (χ3n) is 29.4. The molecule has 0 unspecified atom stereocenters. The van der Waals surface area contributed by atoms with Crippen LogP contribution in [0.1, 0.15) is 122 Å². The van der Waals surface area contributed by atoms with Gasteiger partial charge in [-0.25, -0.2) is 0 Å². The van der Waals surface area contributed by atoms with Crippen molar-refractivity contribution in [3.05, 3.63) is 443 Å². The smallest absolute Gasteiger partial charge is 0.137 e. The first-order chi connectivity index (χ1) is 59.6. The summed E-state index contributed by atoms with van der Waals surface area (Å²) < 4.78 is 27.4. The molecule has 0 N–H and O–H groups in total. The maximum atomic E-state index is 7.10. The van der Waals surface area contributed by atoms with E-state index < -0.39 is 10.8 Å². The van der Waals surface area contributed by atoms with Crippen molar-refractivity contribution in [1.82, 2.24) is 0 Å². The number of benzene rings is 17. The molecular weight excluding hydrogens is 1490 g/mol. The molecule has 0 bridgehead atoms. The van der Waals surface area contributed by atoms with Gasteiger partial charge in [0.15, 0.2) is 0 Å². The third kappa shape index (κ3) is 9.66. The summed E-state index contributed by atoms with van der Waals surface area (Å²) in [5.74, 6) is 3.52. The molecule has 19 aromatic rings. The molecule has 0 fully saturated rings. The van der Waals surface area contributed by atoms with Crippen LogP contribution in [0, 0.1) is 0 Å². The predicted molar refractivity (Wildman–Crippen MR) is 500 cm³/mol. The van der Waals surface area contributed by atoms with Gasteiger partial charge in [-0.3, -0.25) is 0 Å². The van der Waals surface area contributed by atoms with Crippen LogP contribution in [0.25, 0.3) is 99.5 Å². The van der Waals surface area contributed by atoms with E-state index in [0.29, 0.717) is 0 Å². The van der Waals surface area contributed by atoms with Gasteiger partial charge in [-0.1, -0.05) is 322 Å². The van der Waals surface area contributed by atoms with Crippen LogP contribution < -0.4 is 19.3 Å². The number of para-hydroxylation sites is 6. The maximum absolute atomic E-state index is 7.10. The summed E-state index contributed by atoms with van der Waals surface area (Å²) in [6.07, 6.45) is 0. The number of ether oxygens (including phenoxy) is 2. The zero-order valence-electron chi connectivity index (χ0n) is 69.3. The van der Waals surface area contributed by atoms with Crippen LogP contribution in [-0.4, -0.2) is 0 Å². The van der Waals surface area contributed by atoms with Crippen LogP contribution in [0.4, 0.5) is 34.1 Å². The first kappa shape index (κ1) is 71.6. The Morgan fingerprint density at radius 2 is 0.549 bits per heavy atom. The highest BCUT2D eigenvalue weighted by atomic mass is 16.5. The van der Waals surface area contributed by atoms with Crippen molar-refractivity contribution in [3.63, 3.8) is 0 Å². The van der Waals surface area contributed by atoms with Crippen molar-refractivity contribution in [2.75, 3.05) is 9.80 Å². The number of furan rings is 2. The number of hydrogen-bond acceptors (Lipinski definition) is 6. The van der Waals surface area contributed by atoms with E-state index in [2.05, 4.69) is 441 Å². The minimum atomic E-state index is -0.587. The van der Waals surface area contributed by atoms with E-state index in [-0.39, 0.29) is 21.7 Å². The molecule has 0 amide bonds. The Hall–Kier alpha value is -14.5. The van der Waals surface area contributed by atoms with Crippen molar-refractivity contribution in [2.45, 2.75) is 87.9 Å². The summed E-state index contributed by atoms with van der Waals surface area (Å²) in [5, 5.41) is 4.36. The molecule has 4 heterocycles. The summed E-state index contributed by atoms with van der Waals surface area (Å²) in [6.45, 7) is 19.3. The van der Waals surface area contributed by atoms with Crippen LogP contribution in [0.3, 0.4) is 0 Å². The molecular formula is C116H86N2O4. The molecule has 2 aliphatic heterocycles. The van der Waals surface area contributed by atoms with Gasteiger partial charge in [0.2, 0.25) is 0 Å². The Bertz CT molecular complexity index is 7530. The lowest BCUT2D eigenvalue weighted by Crippen LogP contribution is -2.44. The molecule has 6 aliphatic rings. The van der Waals surface area contributed by atoms with Crippen molar-refractivity contribution >= 4 is 78.0 Å². The fraction of sp³-hybridized carbons (Fsp3) is 0.121. The van der Waals surface area contributed by atoms with Crippen LogP contribution in [0.15, 0.2) is 385 Å². The number of hydrogen-bond donors (Lipinski definition) is 0. The maximum Gasteiger partial charge on any atom is 0.137 e. The topological polar surface area (TPSA) is 51.2 Å². The molecule has 584 valence electrons. The molecule has 2 aromatic heterocycles. The van der Waals surface area contributed by atoms with Crippen molar-refractivity contribution in [3.8, 4) is 78.6 Å². The second-order valence-electron chi connectivity index (χ2n) is 36.0. The van der Waals surface area contributed by atoms with E-state index in [1.807, 2.05) is 0 Å². The van der Waals surface area contributed by atoms with E-state index in [1.54, 1.807) is 0 Å². The predicted octanol–water partition coefficient (Wildman–Crippen LogP) is 31.2. The van der Waals surface area contributed by atoms with Gasteiger partial charge in [0, 0.05) is 55.4 Å². The lowest BCUT2D eigenvalue weighted by molar-refractivity contribution is 0.299. The van der Waals surface area contributed by atoms with Gasteiger partial charge >= 0.3 is 0 Å². The Kier molecular flexibility index (Phi) is 15.3. The van der Waals surface area contributed by atoms with E-state index in [0.717, 1.165) is 129 Å². The summed E-state index contributed by atoms with van der Waals surface area (Å²) in [4.78, 5) is 4.96. The van der Waals surface area contributed by atoms with Crippen LogP contribution in [-0.2, 0) is 32.5 Å². The zero-order chi connectivity index (χ0) is 81.9. The lowest BCUT2D eigenvalue weighted by atomic mass is 9.55. The lowest BCUT2D eigenvalue weighted by Gasteiger charge is -2.50. The number of nitrogens with zero attached hydrogens (tertiary/aromatic N) is 2. The molecule has 122 heavy (non-hydrogen) atoms. The average molecular weight is 1570 g/mol. The highest BCUT2D eigenvalue weighted by molar-refractivity contribution is 6.18. The first-order valence-corrected chi connectivity index (χ1v) is 42.8. The number of anilines is 6. The highest BCUT2D eigenvalue weighted by Gasteiger charge is 2.55. The fourth-order valence-corrected chi connectivity index (χ4v) is 22.5. The van der Waals surface area contributed by atoms with Crippen LogP contribution in [0.5, 0.6) is 23.0 Å². The summed E-state index contributed by atoms with van der Waals surface area (Å²) in [5.41, 5.74) is 35.7. The van der Waals surface area contributed by atoms with E-state index in [9.17, 15) is 0 Å². The molecule has 0 atom stereocenters. The number of fused-ring (bicyclic) bond motifs is 30. The average Bonchev–Trinajstić information content (AvgIpc) is 1.52. The summed E-state index contributed by atoms with van der Waals surface area (Å²) >= 11 is 0. The van der Waals surface area contributed by atoms with Crippen molar-refractivity contribution in [1.29, 1.82) is 0 Å². The SMILES string of the molecule is CC1(C)c2ccccc2-c2ccc(N(c3ccccc3-c3ccccc3)c3cccc4oc5cc6c(cc5c34)-c3ccccc3C63c4ccccc4Oc4ccccc43)cc2C1(C)C.CC1(C)c2ccccc2-c2cccc(N(c3ccccc3)c3cccc4oc5cc6c(cc5c34)-c3ccccc3C63c4ccccc4Oc4ccccc43)c2C1(C)C. The van der Waals surface area contributed by atoms with Gasteiger partial charge < -0.3 is 28.1 Å². The Morgan fingerprint density at radius 3 is 1.04 bits per heavy atom. The quantitative estimate of drug-likeness (QED) is 0.158. The number of rotatable bonds is 7. The van der Waals surface area contributed by atoms with Gasteiger partial charge in [-0.2, -0.15) is 0 Å². The van der Waals surface area contributed by atoms with E-state index in [4.69, 9.17) is 18.3 Å². The van der Waals surface area contributed by atoms with Crippen LogP contribution in [0.2, 0.25) is 0 Å². The molecule has 0 radical (unpaired) electrons. The Labute approximate surface area is 710 Å². The van der Waals surface area contributed by atoms with Crippen molar-refractivity contribution in [2.24, 2.45) is 0 Å². The summed E-state index contributed by atoms with van der Waals surface area (Å²) in [7, 11) is 0. The van der Waals surface area contributed by atoms with Crippen LogP contribution >= 0.6 is 0 Å². The van der Waals surface area contributed by atoms with E-state index >= 15 is 0 Å². The highest BCUT2D eigenvalue weighted by Crippen LogP contribution is 2.67. The van der Waals surface area contributed by atoms with Gasteiger partial charge in [0.25, 0.3) is 0 Å². The standard InChI is InChI=1S/C61H45NO2.C55H41NO2/c1-59(2)46-24-11-8-22-41(46)43-34-33-39(35-50(43)60(59,3)4)62(52-28-15-10-21-40(52)38-19-6-5-7-20-38)53-29-18-32-56-58(53)45-36-44-42-23-9-12-25-47(42)61(51(44)37-57(45)64-56)48-26-13-16-30-54(48)63-55-31-17-14-27-49(55)61;1-53(2)40-23-10-8-20-35(40)37-22-16-28-46(52(37)54(53,3)4)56(34-18-6-5-7-19-34)45-27-17-31-49-51(45)39-32-38-36-21-9-11-24-41(36)55(44(38)33-50(39)58-49)42-25-12-14-29-47(42)57-48-30-15-13-26-43(48)55/h5-37H,1-4H3;5-33H,1-4H3. The van der Waals surface area contributed by atoms with Gasteiger partial charge in [-0.15, -0.1) is 0 Å². The van der Waals surface area contributed by atoms with Gasteiger partial charge in [0.05, 0.1) is 44.4 Å². The fourth-order valence-electron chi connectivity index (χ4n) is 22.5. The molecule has 6 nitrogen and oxygen atoms in total.